The van der Waals surface area contributed by atoms with Gasteiger partial charge in [0.1, 0.15) is 0 Å². The molecule has 0 aromatic rings. The van der Waals surface area contributed by atoms with E-state index < -0.39 is 0 Å². The maximum Gasteiger partial charge on any atom is 0.222 e. The van der Waals surface area contributed by atoms with Crippen molar-refractivity contribution in [3.8, 4) is 0 Å². The predicted octanol–water partition coefficient (Wildman–Crippen LogP) is 1.78. The molecule has 2 aliphatic rings. The van der Waals surface area contributed by atoms with Gasteiger partial charge in [-0.2, -0.15) is 0 Å². The molecule has 1 aliphatic carbocycles. The molecule has 4 heteroatoms. The van der Waals surface area contributed by atoms with Crippen LogP contribution in [-0.4, -0.2) is 43.7 Å². The van der Waals surface area contributed by atoms with Gasteiger partial charge < -0.3 is 15.4 Å². The standard InChI is InChI=1S/C15H28N2O2/c1-17(10-13-3-2-8-19-11-13)15(18)9-12-4-6-14(16)7-5-12/h12-14H,2-11,16H2,1H3. The summed E-state index contributed by atoms with van der Waals surface area (Å²) in [6, 6.07) is 0.364. The second kappa shape index (κ2) is 7.25. The van der Waals surface area contributed by atoms with Crippen molar-refractivity contribution in [2.45, 2.75) is 51.0 Å². The highest BCUT2D eigenvalue weighted by Gasteiger charge is 2.24. The van der Waals surface area contributed by atoms with Gasteiger partial charge in [0.05, 0.1) is 6.61 Å². The Morgan fingerprint density at radius 1 is 1.21 bits per heavy atom. The van der Waals surface area contributed by atoms with Crippen LogP contribution in [0.1, 0.15) is 44.9 Å². The molecule has 0 aromatic carbocycles. The highest BCUT2D eigenvalue weighted by atomic mass is 16.5. The van der Waals surface area contributed by atoms with Crippen LogP contribution < -0.4 is 5.73 Å². The van der Waals surface area contributed by atoms with Gasteiger partial charge in [0, 0.05) is 32.7 Å². The molecule has 0 radical (unpaired) electrons. The van der Waals surface area contributed by atoms with Crippen LogP contribution in [-0.2, 0) is 9.53 Å². The van der Waals surface area contributed by atoms with E-state index in [1.807, 2.05) is 11.9 Å². The summed E-state index contributed by atoms with van der Waals surface area (Å²) in [5, 5.41) is 0. The lowest BCUT2D eigenvalue weighted by Crippen LogP contribution is -2.36. The molecule has 1 aliphatic heterocycles. The van der Waals surface area contributed by atoms with Crippen molar-refractivity contribution in [1.82, 2.24) is 4.90 Å². The van der Waals surface area contributed by atoms with E-state index >= 15 is 0 Å². The SMILES string of the molecule is CN(CC1CCCOC1)C(=O)CC1CCC(N)CC1. The molecule has 0 spiro atoms. The predicted molar refractivity (Wildman–Crippen MR) is 75.7 cm³/mol. The van der Waals surface area contributed by atoms with Crippen molar-refractivity contribution in [3.63, 3.8) is 0 Å². The average Bonchev–Trinajstić information content (AvgIpc) is 2.42. The van der Waals surface area contributed by atoms with Gasteiger partial charge in [-0.1, -0.05) is 0 Å². The summed E-state index contributed by atoms with van der Waals surface area (Å²) in [4.78, 5) is 14.1. The highest BCUT2D eigenvalue weighted by molar-refractivity contribution is 5.76. The first-order chi connectivity index (χ1) is 9.15. The molecule has 1 unspecified atom stereocenters. The minimum absolute atomic E-state index is 0.297. The topological polar surface area (TPSA) is 55.6 Å². The van der Waals surface area contributed by atoms with Crippen molar-refractivity contribution in [2.24, 2.45) is 17.6 Å². The number of nitrogens with two attached hydrogens (primary N) is 1. The third-order valence-electron chi connectivity index (χ3n) is 4.57. The maximum absolute atomic E-state index is 12.2. The Balaban J connectivity index is 1.69. The van der Waals surface area contributed by atoms with Gasteiger partial charge in [0.15, 0.2) is 0 Å². The second-order valence-electron chi connectivity index (χ2n) is 6.34. The Morgan fingerprint density at radius 3 is 2.58 bits per heavy atom. The Hall–Kier alpha value is -0.610. The number of rotatable bonds is 4. The summed E-state index contributed by atoms with van der Waals surface area (Å²) in [6.45, 7) is 2.55. The fourth-order valence-electron chi connectivity index (χ4n) is 3.24. The zero-order valence-electron chi connectivity index (χ0n) is 12.1. The smallest absolute Gasteiger partial charge is 0.222 e. The van der Waals surface area contributed by atoms with Crippen LogP contribution in [0.3, 0.4) is 0 Å². The summed E-state index contributed by atoms with van der Waals surface area (Å²) < 4.78 is 5.47. The quantitative estimate of drug-likeness (QED) is 0.845. The third kappa shape index (κ3) is 4.77. The van der Waals surface area contributed by atoms with Gasteiger partial charge in [-0.3, -0.25) is 4.79 Å². The normalized spacial score (nSPS) is 32.0. The second-order valence-corrected chi connectivity index (χ2v) is 6.34. The van der Waals surface area contributed by atoms with Gasteiger partial charge in [-0.05, 0) is 50.4 Å². The fourth-order valence-corrected chi connectivity index (χ4v) is 3.24. The van der Waals surface area contributed by atoms with E-state index in [1.165, 1.54) is 6.42 Å². The van der Waals surface area contributed by atoms with Gasteiger partial charge in [-0.15, -0.1) is 0 Å². The molecule has 0 bridgehead atoms. The summed E-state index contributed by atoms with van der Waals surface area (Å²) in [5.41, 5.74) is 5.90. The van der Waals surface area contributed by atoms with Crippen LogP contribution in [0.15, 0.2) is 0 Å². The van der Waals surface area contributed by atoms with Crippen LogP contribution >= 0.6 is 0 Å². The Kier molecular flexibility index (Phi) is 5.64. The molecule has 2 fully saturated rings. The Labute approximate surface area is 116 Å². The monoisotopic (exact) mass is 268 g/mol. The maximum atomic E-state index is 12.2. The van der Waals surface area contributed by atoms with E-state index in [0.29, 0.717) is 30.2 Å². The van der Waals surface area contributed by atoms with E-state index in [2.05, 4.69) is 0 Å². The van der Waals surface area contributed by atoms with Crippen molar-refractivity contribution >= 4 is 5.91 Å². The fraction of sp³-hybridized carbons (Fsp3) is 0.933. The molecule has 2 rings (SSSR count). The molecule has 110 valence electrons. The summed E-state index contributed by atoms with van der Waals surface area (Å²) in [7, 11) is 1.94. The minimum Gasteiger partial charge on any atom is -0.381 e. The molecule has 19 heavy (non-hydrogen) atoms. The number of carbonyl (C=O) groups excluding carboxylic acids is 1. The lowest BCUT2D eigenvalue weighted by atomic mass is 9.84. The summed E-state index contributed by atoms with van der Waals surface area (Å²) in [6.07, 6.45) is 7.43. The van der Waals surface area contributed by atoms with Crippen LogP contribution in [0.2, 0.25) is 0 Å². The highest BCUT2D eigenvalue weighted by Crippen LogP contribution is 2.26. The Morgan fingerprint density at radius 2 is 1.95 bits per heavy atom. The first-order valence-electron chi connectivity index (χ1n) is 7.72. The molecule has 1 atom stereocenters. The van der Waals surface area contributed by atoms with E-state index in [0.717, 1.165) is 51.9 Å². The Bertz CT molecular complexity index is 282. The van der Waals surface area contributed by atoms with Gasteiger partial charge in [-0.25, -0.2) is 0 Å². The average molecular weight is 268 g/mol. The van der Waals surface area contributed by atoms with Crippen molar-refractivity contribution in [3.05, 3.63) is 0 Å². The van der Waals surface area contributed by atoms with E-state index in [9.17, 15) is 4.79 Å². The van der Waals surface area contributed by atoms with Crippen LogP contribution in [0.5, 0.6) is 0 Å². The molecular formula is C15H28N2O2. The lowest BCUT2D eigenvalue weighted by molar-refractivity contribution is -0.132. The number of ether oxygens (including phenoxy) is 1. The van der Waals surface area contributed by atoms with Crippen molar-refractivity contribution < 1.29 is 9.53 Å². The first-order valence-corrected chi connectivity index (χ1v) is 7.72. The summed E-state index contributed by atoms with van der Waals surface area (Å²) >= 11 is 0. The van der Waals surface area contributed by atoms with Crippen molar-refractivity contribution in [2.75, 3.05) is 26.8 Å². The van der Waals surface area contributed by atoms with Gasteiger partial charge in [0.25, 0.3) is 0 Å². The first kappa shape index (κ1) is 14.8. The zero-order valence-corrected chi connectivity index (χ0v) is 12.1. The largest absolute Gasteiger partial charge is 0.381 e. The summed E-state index contributed by atoms with van der Waals surface area (Å²) in [5.74, 6) is 1.38. The molecule has 4 nitrogen and oxygen atoms in total. The zero-order chi connectivity index (χ0) is 13.7. The molecular weight excluding hydrogens is 240 g/mol. The molecule has 0 aromatic heterocycles. The molecule has 1 amide bonds. The van der Waals surface area contributed by atoms with Crippen LogP contribution in [0.25, 0.3) is 0 Å². The number of hydrogen-bond acceptors (Lipinski definition) is 3. The van der Waals surface area contributed by atoms with Crippen molar-refractivity contribution in [1.29, 1.82) is 0 Å². The van der Waals surface area contributed by atoms with Gasteiger partial charge >= 0.3 is 0 Å². The molecule has 2 N–H and O–H groups in total. The lowest BCUT2D eigenvalue weighted by Gasteiger charge is -2.30. The van der Waals surface area contributed by atoms with E-state index in [-0.39, 0.29) is 0 Å². The minimum atomic E-state index is 0.297. The number of carbonyl (C=O) groups is 1. The van der Waals surface area contributed by atoms with E-state index in [1.54, 1.807) is 0 Å². The van der Waals surface area contributed by atoms with Crippen LogP contribution in [0.4, 0.5) is 0 Å². The molecule has 1 saturated carbocycles. The number of hydrogen-bond donors (Lipinski definition) is 1. The van der Waals surface area contributed by atoms with Crippen LogP contribution in [0, 0.1) is 11.8 Å². The van der Waals surface area contributed by atoms with Gasteiger partial charge in [0.2, 0.25) is 5.91 Å². The number of nitrogens with zero attached hydrogens (tertiary/aromatic N) is 1. The third-order valence-corrected chi connectivity index (χ3v) is 4.57. The number of amides is 1. The molecule has 1 heterocycles. The van der Waals surface area contributed by atoms with E-state index in [4.69, 9.17) is 10.5 Å². The molecule has 1 saturated heterocycles.